The molecule has 0 aliphatic carbocycles. The number of carbonyl (C=O) groups is 2. The summed E-state index contributed by atoms with van der Waals surface area (Å²) in [7, 11) is 3.49. The van der Waals surface area contributed by atoms with Crippen LogP contribution >= 0.6 is 0 Å². The first kappa shape index (κ1) is 17.7. The number of benzene rings is 2. The lowest BCUT2D eigenvalue weighted by atomic mass is 10.1. The number of amides is 3. The minimum absolute atomic E-state index is 0.151. The number of nitrogens with one attached hydrogen (secondary N) is 2. The summed E-state index contributed by atoms with van der Waals surface area (Å²) in [5.74, 6) is 0.503. The lowest BCUT2D eigenvalue weighted by molar-refractivity contribution is -0.120. The van der Waals surface area contributed by atoms with Gasteiger partial charge >= 0.3 is 6.03 Å². The molecule has 3 amide bonds. The van der Waals surface area contributed by atoms with Crippen molar-refractivity contribution >= 4 is 22.7 Å². The van der Waals surface area contributed by atoms with Gasteiger partial charge in [-0.05, 0) is 48.5 Å². The zero-order valence-electron chi connectivity index (χ0n) is 14.3. The van der Waals surface area contributed by atoms with E-state index in [4.69, 9.17) is 4.74 Å². The summed E-state index contributed by atoms with van der Waals surface area (Å²) < 4.78 is 5.22. The van der Waals surface area contributed by atoms with Gasteiger partial charge in [-0.25, -0.2) is 4.79 Å². The van der Waals surface area contributed by atoms with E-state index in [1.807, 2.05) is 42.3 Å². The van der Waals surface area contributed by atoms with Crippen LogP contribution in [0, 0.1) is 0 Å². The van der Waals surface area contributed by atoms with Crippen molar-refractivity contribution < 1.29 is 14.3 Å². The standard InChI is InChI=1S/C18H23N3O3/c1-4-19-18(23)20-17(22)12-21(2)11-13-5-6-15-10-16(24-3)8-7-14(15)9-13/h5-10H,4,11-12H2,1-3H3,(H2,19,20,22,23). The molecule has 0 saturated heterocycles. The first-order valence-electron chi connectivity index (χ1n) is 7.84. The smallest absolute Gasteiger partial charge is 0.321 e. The highest BCUT2D eigenvalue weighted by Gasteiger charge is 2.10. The van der Waals surface area contributed by atoms with E-state index in [0.717, 1.165) is 22.1 Å². The van der Waals surface area contributed by atoms with E-state index >= 15 is 0 Å². The summed E-state index contributed by atoms with van der Waals surface area (Å²) in [6.07, 6.45) is 0. The Hall–Kier alpha value is -2.60. The topological polar surface area (TPSA) is 70.7 Å². The Morgan fingerprint density at radius 3 is 2.54 bits per heavy atom. The average molecular weight is 329 g/mol. The molecule has 0 fully saturated rings. The molecule has 0 aliphatic rings. The Balaban J connectivity index is 1.96. The molecular weight excluding hydrogens is 306 g/mol. The number of imide groups is 1. The zero-order chi connectivity index (χ0) is 17.5. The molecule has 2 N–H and O–H groups in total. The molecule has 0 heterocycles. The molecule has 0 bridgehead atoms. The Kier molecular flexibility index (Phi) is 6.14. The van der Waals surface area contributed by atoms with Crippen LogP contribution in [0.1, 0.15) is 12.5 Å². The van der Waals surface area contributed by atoms with Crippen molar-refractivity contribution in [2.45, 2.75) is 13.5 Å². The Morgan fingerprint density at radius 1 is 1.12 bits per heavy atom. The van der Waals surface area contributed by atoms with E-state index in [1.54, 1.807) is 14.0 Å². The minimum atomic E-state index is -0.462. The molecule has 6 heteroatoms. The zero-order valence-corrected chi connectivity index (χ0v) is 14.3. The predicted octanol–water partition coefficient (Wildman–Crippen LogP) is 2.13. The lowest BCUT2D eigenvalue weighted by Crippen LogP contribution is -2.43. The second kappa shape index (κ2) is 8.31. The first-order valence-corrected chi connectivity index (χ1v) is 7.84. The van der Waals surface area contributed by atoms with Gasteiger partial charge < -0.3 is 10.1 Å². The van der Waals surface area contributed by atoms with E-state index in [1.165, 1.54) is 0 Å². The summed E-state index contributed by atoms with van der Waals surface area (Å²) in [5.41, 5.74) is 1.10. The molecule has 0 radical (unpaired) electrons. The van der Waals surface area contributed by atoms with Crippen LogP contribution in [0.4, 0.5) is 4.79 Å². The van der Waals surface area contributed by atoms with E-state index in [2.05, 4.69) is 16.7 Å². The maximum Gasteiger partial charge on any atom is 0.321 e. The maximum absolute atomic E-state index is 11.8. The van der Waals surface area contributed by atoms with Crippen LogP contribution in [0.3, 0.4) is 0 Å². The summed E-state index contributed by atoms with van der Waals surface area (Å²) in [6, 6.07) is 11.6. The van der Waals surface area contributed by atoms with Crippen LogP contribution in [-0.4, -0.2) is 44.1 Å². The number of nitrogens with zero attached hydrogens (tertiary/aromatic N) is 1. The van der Waals surface area contributed by atoms with E-state index in [0.29, 0.717) is 13.1 Å². The highest BCUT2D eigenvalue weighted by atomic mass is 16.5. The fraction of sp³-hybridized carbons (Fsp3) is 0.333. The number of ether oxygens (including phenoxy) is 1. The molecule has 2 rings (SSSR count). The molecule has 0 spiro atoms. The van der Waals surface area contributed by atoms with Crippen molar-refractivity contribution in [3.8, 4) is 5.75 Å². The minimum Gasteiger partial charge on any atom is -0.497 e. The van der Waals surface area contributed by atoms with Crippen molar-refractivity contribution in [1.82, 2.24) is 15.5 Å². The molecule has 0 aliphatic heterocycles. The fourth-order valence-corrected chi connectivity index (χ4v) is 2.48. The van der Waals surface area contributed by atoms with Crippen molar-refractivity contribution in [1.29, 1.82) is 0 Å². The molecule has 6 nitrogen and oxygen atoms in total. The number of methoxy groups -OCH3 is 1. The Morgan fingerprint density at radius 2 is 1.83 bits per heavy atom. The van der Waals surface area contributed by atoms with Gasteiger partial charge in [0.1, 0.15) is 5.75 Å². The molecular formula is C18H23N3O3. The molecule has 128 valence electrons. The largest absolute Gasteiger partial charge is 0.497 e. The van der Waals surface area contributed by atoms with Crippen LogP contribution in [0.25, 0.3) is 10.8 Å². The van der Waals surface area contributed by atoms with Crippen molar-refractivity contribution in [2.75, 3.05) is 27.2 Å². The number of hydrogen-bond donors (Lipinski definition) is 2. The Labute approximate surface area is 141 Å². The van der Waals surface area contributed by atoms with Gasteiger partial charge in [0.2, 0.25) is 5.91 Å². The van der Waals surface area contributed by atoms with Gasteiger partial charge in [-0.15, -0.1) is 0 Å². The van der Waals surface area contributed by atoms with Crippen LogP contribution in [-0.2, 0) is 11.3 Å². The highest BCUT2D eigenvalue weighted by molar-refractivity contribution is 5.95. The number of hydrogen-bond acceptors (Lipinski definition) is 4. The summed E-state index contributed by atoms with van der Waals surface area (Å²) in [6.45, 7) is 3.05. The fourth-order valence-electron chi connectivity index (χ4n) is 2.48. The van der Waals surface area contributed by atoms with Crippen LogP contribution in [0.15, 0.2) is 36.4 Å². The number of urea groups is 1. The SMILES string of the molecule is CCNC(=O)NC(=O)CN(C)Cc1ccc2cc(OC)ccc2c1. The molecule has 0 aromatic heterocycles. The van der Waals surface area contributed by atoms with Gasteiger partial charge in [0.05, 0.1) is 13.7 Å². The highest BCUT2D eigenvalue weighted by Crippen LogP contribution is 2.22. The van der Waals surface area contributed by atoms with Crippen LogP contribution in [0.2, 0.25) is 0 Å². The normalized spacial score (nSPS) is 10.7. The van der Waals surface area contributed by atoms with Crippen LogP contribution < -0.4 is 15.4 Å². The maximum atomic E-state index is 11.8. The molecule has 0 atom stereocenters. The first-order chi connectivity index (χ1) is 11.5. The van der Waals surface area contributed by atoms with Gasteiger partial charge in [-0.1, -0.05) is 18.2 Å². The van der Waals surface area contributed by atoms with Crippen molar-refractivity contribution in [3.05, 3.63) is 42.0 Å². The van der Waals surface area contributed by atoms with E-state index in [9.17, 15) is 9.59 Å². The molecule has 0 saturated carbocycles. The number of likely N-dealkylation sites (N-methyl/N-ethyl adjacent to an activating group) is 1. The van der Waals surface area contributed by atoms with Gasteiger partial charge in [-0.3, -0.25) is 15.0 Å². The quantitative estimate of drug-likeness (QED) is 0.852. The molecule has 2 aromatic carbocycles. The molecule has 2 aromatic rings. The third-order valence-corrected chi connectivity index (χ3v) is 3.57. The summed E-state index contributed by atoms with van der Waals surface area (Å²) in [5, 5.41) is 7.05. The molecule has 0 unspecified atom stereocenters. The predicted molar refractivity (Wildman–Crippen MR) is 94.0 cm³/mol. The van der Waals surface area contributed by atoms with Gasteiger partial charge in [0.15, 0.2) is 0 Å². The lowest BCUT2D eigenvalue weighted by Gasteiger charge is -2.16. The third-order valence-electron chi connectivity index (χ3n) is 3.57. The van der Waals surface area contributed by atoms with Crippen molar-refractivity contribution in [3.63, 3.8) is 0 Å². The molecule has 24 heavy (non-hydrogen) atoms. The monoisotopic (exact) mass is 329 g/mol. The number of fused-ring (bicyclic) bond motifs is 1. The number of rotatable bonds is 6. The second-order valence-electron chi connectivity index (χ2n) is 5.63. The Bertz CT molecular complexity index is 731. The third kappa shape index (κ3) is 4.96. The van der Waals surface area contributed by atoms with Crippen molar-refractivity contribution in [2.24, 2.45) is 0 Å². The number of carbonyl (C=O) groups excluding carboxylic acids is 2. The van der Waals surface area contributed by atoms with Gasteiger partial charge in [0.25, 0.3) is 0 Å². The van der Waals surface area contributed by atoms with Gasteiger partial charge in [0, 0.05) is 13.1 Å². The van der Waals surface area contributed by atoms with E-state index < -0.39 is 6.03 Å². The second-order valence-corrected chi connectivity index (χ2v) is 5.63. The average Bonchev–Trinajstić information content (AvgIpc) is 2.54. The van der Waals surface area contributed by atoms with Crippen LogP contribution in [0.5, 0.6) is 5.75 Å². The summed E-state index contributed by atoms with van der Waals surface area (Å²) in [4.78, 5) is 25.0. The van der Waals surface area contributed by atoms with Gasteiger partial charge in [-0.2, -0.15) is 0 Å². The van der Waals surface area contributed by atoms with E-state index in [-0.39, 0.29) is 12.5 Å². The summed E-state index contributed by atoms with van der Waals surface area (Å²) >= 11 is 0.